The summed E-state index contributed by atoms with van der Waals surface area (Å²) in [7, 11) is 0. The quantitative estimate of drug-likeness (QED) is 0.887. The first-order valence-corrected chi connectivity index (χ1v) is 7.49. The molecule has 0 spiro atoms. The highest BCUT2D eigenvalue weighted by Gasteiger charge is 2.30. The molecule has 0 unspecified atom stereocenters. The summed E-state index contributed by atoms with van der Waals surface area (Å²) in [6, 6.07) is 14.7. The van der Waals surface area contributed by atoms with E-state index < -0.39 is 11.4 Å². The van der Waals surface area contributed by atoms with Gasteiger partial charge in [0.25, 0.3) is 0 Å². The molecule has 2 aromatic rings. The topological polar surface area (TPSA) is 66.4 Å². The van der Waals surface area contributed by atoms with E-state index in [-0.39, 0.29) is 12.3 Å². The third kappa shape index (κ3) is 3.97. The summed E-state index contributed by atoms with van der Waals surface area (Å²) in [5.74, 6) is -0.972. The lowest BCUT2D eigenvalue weighted by Gasteiger charge is -2.26. The molecule has 0 aliphatic carbocycles. The number of nitrogens with one attached hydrogen (secondary N) is 1. The van der Waals surface area contributed by atoms with Gasteiger partial charge in [-0.25, -0.2) is 0 Å². The van der Waals surface area contributed by atoms with E-state index in [1.807, 2.05) is 45.0 Å². The van der Waals surface area contributed by atoms with E-state index in [9.17, 15) is 9.59 Å². The van der Waals surface area contributed by atoms with Crippen LogP contribution in [0.5, 0.6) is 0 Å². The number of carboxylic acids is 1. The van der Waals surface area contributed by atoms with Crippen molar-refractivity contribution in [3.63, 3.8) is 0 Å². The average molecular weight is 311 g/mol. The van der Waals surface area contributed by atoms with Crippen molar-refractivity contribution in [2.45, 2.75) is 32.6 Å². The first kappa shape index (κ1) is 16.7. The Bertz CT molecular complexity index is 718. The Labute approximate surface area is 136 Å². The molecule has 2 aromatic carbocycles. The van der Waals surface area contributed by atoms with Gasteiger partial charge in [-0.2, -0.15) is 0 Å². The van der Waals surface area contributed by atoms with Crippen LogP contribution in [0.1, 0.15) is 30.5 Å². The molecule has 4 heteroatoms. The van der Waals surface area contributed by atoms with Crippen LogP contribution in [0.2, 0.25) is 0 Å². The molecule has 120 valence electrons. The second kappa shape index (κ2) is 6.65. The number of amides is 1. The standard InChI is InChI=1S/C19H21NO3/c1-13-6-4-5-7-16(13)19(2,3)18(23)20-15-10-8-14(9-11-15)12-17(21)22/h4-11H,12H2,1-3H3,(H,20,23)(H,21,22). The van der Waals surface area contributed by atoms with Crippen molar-refractivity contribution in [3.05, 3.63) is 65.2 Å². The van der Waals surface area contributed by atoms with E-state index in [2.05, 4.69) is 5.32 Å². The molecule has 0 heterocycles. The van der Waals surface area contributed by atoms with E-state index in [1.54, 1.807) is 24.3 Å². The van der Waals surface area contributed by atoms with E-state index >= 15 is 0 Å². The largest absolute Gasteiger partial charge is 0.481 e. The van der Waals surface area contributed by atoms with E-state index in [4.69, 9.17) is 5.11 Å². The number of anilines is 1. The predicted molar refractivity (Wildman–Crippen MR) is 90.6 cm³/mol. The molecule has 2 rings (SSSR count). The number of aryl methyl sites for hydroxylation is 1. The lowest BCUT2D eigenvalue weighted by molar-refractivity contribution is -0.136. The van der Waals surface area contributed by atoms with Crippen molar-refractivity contribution in [2.75, 3.05) is 5.32 Å². The van der Waals surface area contributed by atoms with Gasteiger partial charge in [-0.3, -0.25) is 9.59 Å². The highest BCUT2D eigenvalue weighted by molar-refractivity contribution is 5.98. The average Bonchev–Trinajstić information content (AvgIpc) is 2.49. The fourth-order valence-electron chi connectivity index (χ4n) is 2.56. The highest BCUT2D eigenvalue weighted by atomic mass is 16.4. The van der Waals surface area contributed by atoms with Gasteiger partial charge in [0.05, 0.1) is 11.8 Å². The van der Waals surface area contributed by atoms with E-state index in [0.29, 0.717) is 11.3 Å². The molecule has 23 heavy (non-hydrogen) atoms. The van der Waals surface area contributed by atoms with Crippen LogP contribution in [-0.4, -0.2) is 17.0 Å². The van der Waals surface area contributed by atoms with Crippen LogP contribution < -0.4 is 5.32 Å². The number of benzene rings is 2. The summed E-state index contributed by atoms with van der Waals surface area (Å²) < 4.78 is 0. The Morgan fingerprint density at radius 1 is 1.04 bits per heavy atom. The Morgan fingerprint density at radius 3 is 2.22 bits per heavy atom. The van der Waals surface area contributed by atoms with Crippen molar-refractivity contribution >= 4 is 17.6 Å². The molecule has 4 nitrogen and oxygen atoms in total. The Balaban J connectivity index is 2.15. The second-order valence-electron chi connectivity index (χ2n) is 6.16. The zero-order valence-corrected chi connectivity index (χ0v) is 13.6. The van der Waals surface area contributed by atoms with Gasteiger partial charge in [0.15, 0.2) is 0 Å². The summed E-state index contributed by atoms with van der Waals surface area (Å²) in [6.45, 7) is 5.78. The highest BCUT2D eigenvalue weighted by Crippen LogP contribution is 2.27. The number of aliphatic carboxylic acids is 1. The van der Waals surface area contributed by atoms with Gasteiger partial charge in [-0.15, -0.1) is 0 Å². The predicted octanol–water partition coefficient (Wildman–Crippen LogP) is 3.54. The van der Waals surface area contributed by atoms with Crippen molar-refractivity contribution < 1.29 is 14.7 Å². The lowest BCUT2D eigenvalue weighted by atomic mass is 9.81. The maximum absolute atomic E-state index is 12.6. The molecular formula is C19H21NO3. The molecule has 0 saturated heterocycles. The Morgan fingerprint density at radius 2 is 1.65 bits per heavy atom. The molecule has 0 bridgehead atoms. The van der Waals surface area contributed by atoms with Crippen LogP contribution >= 0.6 is 0 Å². The third-order valence-electron chi connectivity index (χ3n) is 3.95. The van der Waals surface area contributed by atoms with Gasteiger partial charge < -0.3 is 10.4 Å². The third-order valence-corrected chi connectivity index (χ3v) is 3.95. The first-order valence-electron chi connectivity index (χ1n) is 7.49. The number of hydrogen-bond acceptors (Lipinski definition) is 2. The summed E-state index contributed by atoms with van der Waals surface area (Å²) >= 11 is 0. The summed E-state index contributed by atoms with van der Waals surface area (Å²) in [6.07, 6.45) is -0.0249. The molecule has 0 aliphatic heterocycles. The number of carbonyl (C=O) groups excluding carboxylic acids is 1. The molecule has 0 fully saturated rings. The minimum Gasteiger partial charge on any atom is -0.481 e. The van der Waals surface area contributed by atoms with Crippen molar-refractivity contribution in [2.24, 2.45) is 0 Å². The minimum absolute atomic E-state index is 0.0249. The molecule has 0 aromatic heterocycles. The van der Waals surface area contributed by atoms with Crippen LogP contribution in [0.25, 0.3) is 0 Å². The summed E-state index contributed by atoms with van der Waals surface area (Å²) in [5, 5.41) is 11.7. The number of rotatable bonds is 5. The van der Waals surface area contributed by atoms with Gasteiger partial charge in [-0.1, -0.05) is 36.4 Å². The fourth-order valence-corrected chi connectivity index (χ4v) is 2.56. The van der Waals surface area contributed by atoms with Crippen LogP contribution in [0.15, 0.2) is 48.5 Å². The molecule has 0 atom stereocenters. The van der Waals surface area contributed by atoms with Gasteiger partial charge in [0.2, 0.25) is 5.91 Å². The van der Waals surface area contributed by atoms with Crippen molar-refractivity contribution in [1.82, 2.24) is 0 Å². The zero-order valence-electron chi connectivity index (χ0n) is 13.6. The molecule has 1 amide bonds. The normalized spacial score (nSPS) is 11.1. The van der Waals surface area contributed by atoms with Crippen LogP contribution in [0.3, 0.4) is 0 Å². The molecule has 0 aliphatic rings. The second-order valence-corrected chi connectivity index (χ2v) is 6.16. The molecule has 0 radical (unpaired) electrons. The fraction of sp³-hybridized carbons (Fsp3) is 0.263. The number of hydrogen-bond donors (Lipinski definition) is 2. The molecule has 0 saturated carbocycles. The Hall–Kier alpha value is -2.62. The lowest BCUT2D eigenvalue weighted by Crippen LogP contribution is -2.35. The Kier molecular flexibility index (Phi) is 4.84. The van der Waals surface area contributed by atoms with Crippen molar-refractivity contribution in [3.8, 4) is 0 Å². The van der Waals surface area contributed by atoms with Gasteiger partial charge in [0, 0.05) is 5.69 Å². The van der Waals surface area contributed by atoms with Crippen molar-refractivity contribution in [1.29, 1.82) is 0 Å². The van der Waals surface area contributed by atoms with Crippen LogP contribution in [-0.2, 0) is 21.4 Å². The smallest absolute Gasteiger partial charge is 0.307 e. The van der Waals surface area contributed by atoms with Gasteiger partial charge in [0.1, 0.15) is 0 Å². The molecular weight excluding hydrogens is 290 g/mol. The molecule has 2 N–H and O–H groups in total. The first-order chi connectivity index (χ1) is 10.8. The number of carbonyl (C=O) groups is 2. The van der Waals surface area contributed by atoms with E-state index in [1.165, 1.54) is 0 Å². The SMILES string of the molecule is Cc1ccccc1C(C)(C)C(=O)Nc1ccc(CC(=O)O)cc1. The van der Waals surface area contributed by atoms with E-state index in [0.717, 1.165) is 11.1 Å². The van der Waals surface area contributed by atoms with Gasteiger partial charge >= 0.3 is 5.97 Å². The van der Waals surface area contributed by atoms with Crippen LogP contribution in [0, 0.1) is 6.92 Å². The summed E-state index contributed by atoms with van der Waals surface area (Å²) in [5.41, 5.74) is 2.76. The maximum atomic E-state index is 12.6. The minimum atomic E-state index is -0.873. The number of carboxylic acid groups (broad SMARTS) is 1. The zero-order chi connectivity index (χ0) is 17.0. The maximum Gasteiger partial charge on any atom is 0.307 e. The van der Waals surface area contributed by atoms with Gasteiger partial charge in [-0.05, 0) is 49.6 Å². The summed E-state index contributed by atoms with van der Waals surface area (Å²) in [4.78, 5) is 23.3. The van der Waals surface area contributed by atoms with Crippen LogP contribution in [0.4, 0.5) is 5.69 Å². The monoisotopic (exact) mass is 311 g/mol.